The first-order valence-electron chi connectivity index (χ1n) is 6.82. The molecular weight excluding hydrogens is 258 g/mol. The van der Waals surface area contributed by atoms with Crippen molar-refractivity contribution >= 4 is 11.9 Å². The van der Waals surface area contributed by atoms with Crippen LogP contribution < -0.4 is 10.1 Å². The Labute approximate surface area is 117 Å². The maximum atomic E-state index is 11.7. The molecule has 0 bridgehead atoms. The summed E-state index contributed by atoms with van der Waals surface area (Å²) in [5.41, 5.74) is 0.0411. The van der Waals surface area contributed by atoms with Crippen molar-refractivity contribution in [2.45, 2.75) is 38.1 Å². The summed E-state index contributed by atoms with van der Waals surface area (Å²) in [6, 6.07) is 7.58. The van der Waals surface area contributed by atoms with Gasteiger partial charge in [-0.2, -0.15) is 0 Å². The highest BCUT2D eigenvalue weighted by atomic mass is 16.5. The van der Waals surface area contributed by atoms with Crippen LogP contribution in [0.4, 0.5) is 0 Å². The second-order valence-corrected chi connectivity index (χ2v) is 5.01. The van der Waals surface area contributed by atoms with Crippen molar-refractivity contribution in [1.82, 2.24) is 5.32 Å². The van der Waals surface area contributed by atoms with Gasteiger partial charge in [0.25, 0.3) is 0 Å². The molecular formula is C15H19NO4. The minimum absolute atomic E-state index is 0.209. The minimum Gasteiger partial charge on any atom is -0.494 e. The molecule has 0 saturated heterocycles. The molecule has 0 atom stereocenters. The zero-order valence-electron chi connectivity index (χ0n) is 11.5. The van der Waals surface area contributed by atoms with Gasteiger partial charge in [-0.25, -0.2) is 4.79 Å². The van der Waals surface area contributed by atoms with Crippen molar-refractivity contribution < 1.29 is 19.4 Å². The summed E-state index contributed by atoms with van der Waals surface area (Å²) in [6.07, 6.45) is 1.94. The van der Waals surface area contributed by atoms with E-state index in [1.807, 2.05) is 31.2 Å². The summed E-state index contributed by atoms with van der Waals surface area (Å²) >= 11 is 0. The molecule has 0 radical (unpaired) electrons. The van der Waals surface area contributed by atoms with E-state index < -0.39 is 11.5 Å². The summed E-state index contributed by atoms with van der Waals surface area (Å²) < 4.78 is 5.34. The van der Waals surface area contributed by atoms with Gasteiger partial charge in [0.2, 0.25) is 5.91 Å². The summed E-state index contributed by atoms with van der Waals surface area (Å²) in [5.74, 6) is -0.339. The first-order chi connectivity index (χ1) is 9.55. The molecule has 1 amide bonds. The van der Waals surface area contributed by atoms with Crippen molar-refractivity contribution in [3.63, 3.8) is 0 Å². The number of hydrogen-bond acceptors (Lipinski definition) is 3. The normalized spacial score (nSPS) is 15.4. The number of rotatable bonds is 7. The van der Waals surface area contributed by atoms with Gasteiger partial charge in [0, 0.05) is 6.42 Å². The molecule has 0 heterocycles. The SMILES string of the molecule is CCOc1ccc(CCC(=O)NC2(C(=O)O)CC2)cc1. The van der Waals surface area contributed by atoms with Crippen LogP contribution in [0.25, 0.3) is 0 Å². The predicted octanol–water partition coefficient (Wildman–Crippen LogP) is 1.75. The monoisotopic (exact) mass is 277 g/mol. The van der Waals surface area contributed by atoms with Crippen molar-refractivity contribution in [2.75, 3.05) is 6.61 Å². The average molecular weight is 277 g/mol. The first-order valence-corrected chi connectivity index (χ1v) is 6.82. The average Bonchev–Trinajstić information content (AvgIpc) is 3.19. The van der Waals surface area contributed by atoms with Crippen LogP contribution in [0.3, 0.4) is 0 Å². The third-order valence-corrected chi connectivity index (χ3v) is 3.41. The van der Waals surface area contributed by atoms with Crippen LogP contribution in [0.15, 0.2) is 24.3 Å². The second kappa shape index (κ2) is 5.94. The van der Waals surface area contributed by atoms with Gasteiger partial charge in [0.05, 0.1) is 6.61 Å². The fourth-order valence-electron chi connectivity index (χ4n) is 2.02. The van der Waals surface area contributed by atoms with Gasteiger partial charge in [-0.3, -0.25) is 4.79 Å². The predicted molar refractivity (Wildman–Crippen MR) is 73.7 cm³/mol. The molecule has 0 aromatic heterocycles. The molecule has 2 rings (SSSR count). The Morgan fingerprint density at radius 2 is 1.95 bits per heavy atom. The maximum Gasteiger partial charge on any atom is 0.329 e. The van der Waals surface area contributed by atoms with Gasteiger partial charge in [0.1, 0.15) is 11.3 Å². The Morgan fingerprint density at radius 3 is 2.45 bits per heavy atom. The first kappa shape index (κ1) is 14.4. The van der Waals surface area contributed by atoms with E-state index in [1.165, 1.54) is 0 Å². The number of amides is 1. The van der Waals surface area contributed by atoms with Crippen LogP contribution in [-0.2, 0) is 16.0 Å². The number of hydrogen-bond donors (Lipinski definition) is 2. The zero-order valence-corrected chi connectivity index (χ0v) is 11.5. The molecule has 5 heteroatoms. The Morgan fingerprint density at radius 1 is 1.30 bits per heavy atom. The quantitative estimate of drug-likeness (QED) is 0.796. The lowest BCUT2D eigenvalue weighted by Crippen LogP contribution is -2.43. The summed E-state index contributed by atoms with van der Waals surface area (Å²) in [6.45, 7) is 2.55. The maximum absolute atomic E-state index is 11.7. The fourth-order valence-corrected chi connectivity index (χ4v) is 2.02. The number of carboxylic acids is 1. The van der Waals surface area contributed by atoms with Crippen molar-refractivity contribution in [2.24, 2.45) is 0 Å². The Kier molecular flexibility index (Phi) is 4.27. The third kappa shape index (κ3) is 3.50. The molecule has 1 aliphatic carbocycles. The highest BCUT2D eigenvalue weighted by molar-refractivity contribution is 5.89. The standard InChI is InChI=1S/C15H19NO4/c1-2-20-12-6-3-11(4-7-12)5-8-13(17)16-15(9-10-15)14(18)19/h3-4,6-7H,2,5,8-10H2,1H3,(H,16,17)(H,18,19). The highest BCUT2D eigenvalue weighted by Crippen LogP contribution is 2.35. The molecule has 0 spiro atoms. The van der Waals surface area contributed by atoms with Crippen molar-refractivity contribution in [1.29, 1.82) is 0 Å². The molecule has 0 aliphatic heterocycles. The van der Waals surface area contributed by atoms with Gasteiger partial charge in [-0.1, -0.05) is 12.1 Å². The lowest BCUT2D eigenvalue weighted by Gasteiger charge is -2.12. The zero-order chi connectivity index (χ0) is 14.6. The lowest BCUT2D eigenvalue weighted by molar-refractivity contribution is -0.143. The molecule has 108 valence electrons. The van der Waals surface area contributed by atoms with Crippen molar-refractivity contribution in [3.05, 3.63) is 29.8 Å². The molecule has 1 aromatic carbocycles. The van der Waals surface area contributed by atoms with Gasteiger partial charge in [-0.05, 0) is 43.9 Å². The van der Waals surface area contributed by atoms with Gasteiger partial charge < -0.3 is 15.2 Å². The highest BCUT2D eigenvalue weighted by Gasteiger charge is 2.51. The molecule has 1 aliphatic rings. The fraction of sp³-hybridized carbons (Fsp3) is 0.467. The van der Waals surface area contributed by atoms with Crippen LogP contribution in [0.5, 0.6) is 5.75 Å². The van der Waals surface area contributed by atoms with Crippen LogP contribution >= 0.6 is 0 Å². The Bertz CT molecular complexity index is 491. The van der Waals surface area contributed by atoms with Crippen LogP contribution in [0.1, 0.15) is 31.7 Å². The van der Waals surface area contributed by atoms with Gasteiger partial charge >= 0.3 is 5.97 Å². The van der Waals surface area contributed by atoms with E-state index >= 15 is 0 Å². The number of carbonyl (C=O) groups is 2. The van der Waals surface area contributed by atoms with Gasteiger partial charge in [0.15, 0.2) is 0 Å². The van der Waals surface area contributed by atoms with E-state index in [9.17, 15) is 9.59 Å². The number of ether oxygens (including phenoxy) is 1. The molecule has 2 N–H and O–H groups in total. The van der Waals surface area contributed by atoms with Crippen molar-refractivity contribution in [3.8, 4) is 5.75 Å². The molecule has 1 fully saturated rings. The number of nitrogens with one attached hydrogen (secondary N) is 1. The Balaban J connectivity index is 1.80. The van der Waals surface area contributed by atoms with E-state index in [0.717, 1.165) is 11.3 Å². The molecule has 1 saturated carbocycles. The number of carbonyl (C=O) groups excluding carboxylic acids is 1. The number of aryl methyl sites for hydroxylation is 1. The lowest BCUT2D eigenvalue weighted by atomic mass is 10.1. The number of benzene rings is 1. The summed E-state index contributed by atoms with van der Waals surface area (Å²) in [7, 11) is 0. The second-order valence-electron chi connectivity index (χ2n) is 5.01. The van der Waals surface area contributed by atoms with Crippen LogP contribution in [0, 0.1) is 0 Å². The van der Waals surface area contributed by atoms with Crippen LogP contribution in [-0.4, -0.2) is 29.1 Å². The third-order valence-electron chi connectivity index (χ3n) is 3.41. The van der Waals surface area contributed by atoms with E-state index in [0.29, 0.717) is 32.3 Å². The molecule has 0 unspecified atom stereocenters. The summed E-state index contributed by atoms with van der Waals surface area (Å²) in [4.78, 5) is 22.7. The number of aliphatic carboxylic acids is 1. The van der Waals surface area contributed by atoms with E-state index in [-0.39, 0.29) is 5.91 Å². The van der Waals surface area contributed by atoms with E-state index in [4.69, 9.17) is 9.84 Å². The van der Waals surface area contributed by atoms with Crippen LogP contribution in [0.2, 0.25) is 0 Å². The molecule has 1 aromatic rings. The van der Waals surface area contributed by atoms with E-state index in [2.05, 4.69) is 5.32 Å². The molecule has 5 nitrogen and oxygen atoms in total. The van der Waals surface area contributed by atoms with Gasteiger partial charge in [-0.15, -0.1) is 0 Å². The summed E-state index contributed by atoms with van der Waals surface area (Å²) in [5, 5.41) is 11.6. The number of carboxylic acid groups (broad SMARTS) is 1. The Hall–Kier alpha value is -2.04. The smallest absolute Gasteiger partial charge is 0.329 e. The topological polar surface area (TPSA) is 75.6 Å². The molecule has 20 heavy (non-hydrogen) atoms. The minimum atomic E-state index is -0.990. The van der Waals surface area contributed by atoms with E-state index in [1.54, 1.807) is 0 Å². The largest absolute Gasteiger partial charge is 0.494 e.